The summed E-state index contributed by atoms with van der Waals surface area (Å²) in [6.45, 7) is 2.15. The van der Waals surface area contributed by atoms with Crippen molar-refractivity contribution >= 4 is 38.6 Å². The van der Waals surface area contributed by atoms with Gasteiger partial charge in [-0.05, 0) is 29.7 Å². The van der Waals surface area contributed by atoms with Gasteiger partial charge in [-0.25, -0.2) is 4.79 Å². The van der Waals surface area contributed by atoms with Gasteiger partial charge in [-0.2, -0.15) is 0 Å². The van der Waals surface area contributed by atoms with E-state index < -0.39 is 24.1 Å². The molecule has 0 saturated carbocycles. The van der Waals surface area contributed by atoms with Crippen molar-refractivity contribution in [1.29, 1.82) is 0 Å². The van der Waals surface area contributed by atoms with Crippen molar-refractivity contribution in [2.75, 3.05) is 11.9 Å². The van der Waals surface area contributed by atoms with Crippen LogP contribution in [-0.2, 0) is 33.7 Å². The van der Waals surface area contributed by atoms with Crippen molar-refractivity contribution in [3.05, 3.63) is 102 Å². The van der Waals surface area contributed by atoms with Crippen LogP contribution in [0.3, 0.4) is 0 Å². The number of benzene rings is 3. The van der Waals surface area contributed by atoms with Gasteiger partial charge in [0.2, 0.25) is 5.91 Å². The van der Waals surface area contributed by atoms with Crippen molar-refractivity contribution in [3.63, 3.8) is 0 Å². The molecule has 211 valence electrons. The number of carbonyl (C=O) groups excluding carboxylic acids is 3. The van der Waals surface area contributed by atoms with Crippen molar-refractivity contribution in [2.45, 2.75) is 63.8 Å². The van der Waals surface area contributed by atoms with Gasteiger partial charge in [-0.15, -0.1) is 0 Å². The van der Waals surface area contributed by atoms with Gasteiger partial charge >= 0.3 is 6.09 Å². The number of hydrogen-bond donors (Lipinski definition) is 3. The molecule has 41 heavy (non-hydrogen) atoms. The number of amides is 2. The van der Waals surface area contributed by atoms with Crippen LogP contribution in [0.15, 0.2) is 84.9 Å². The molecule has 0 aliphatic rings. The van der Waals surface area contributed by atoms with E-state index in [2.05, 4.69) is 23.2 Å². The molecule has 0 bridgehead atoms. The minimum Gasteiger partial charge on any atom is -0.445 e. The van der Waals surface area contributed by atoms with Crippen molar-refractivity contribution in [3.8, 4) is 0 Å². The summed E-state index contributed by atoms with van der Waals surface area (Å²) >= 11 is 0. The third-order valence-corrected chi connectivity index (χ3v) is 6.62. The Labute approximate surface area is 245 Å². The van der Waals surface area contributed by atoms with Crippen LogP contribution in [0, 0.1) is 0 Å². The van der Waals surface area contributed by atoms with Crippen LogP contribution < -0.4 is 16.0 Å². The maximum atomic E-state index is 13.5. The molecule has 3 radical (unpaired) electrons. The van der Waals surface area contributed by atoms with Crippen molar-refractivity contribution in [2.24, 2.45) is 0 Å². The molecular formula is C32H38B2N3O4. The Hall–Kier alpha value is -4.00. The summed E-state index contributed by atoms with van der Waals surface area (Å²) in [5, 5.41) is 8.76. The number of nitrogens with one attached hydrogen (secondary N) is 3. The van der Waals surface area contributed by atoms with Crippen LogP contribution in [-0.4, -0.2) is 51.5 Å². The molecule has 9 heteroatoms. The molecule has 2 atom stereocenters. The summed E-state index contributed by atoms with van der Waals surface area (Å²) < 4.78 is 5.37. The van der Waals surface area contributed by atoms with Gasteiger partial charge in [-0.1, -0.05) is 111 Å². The zero-order chi connectivity index (χ0) is 29.3. The largest absolute Gasteiger partial charge is 0.445 e. The molecule has 0 unspecified atom stereocenters. The Morgan fingerprint density at radius 3 is 2.10 bits per heavy atom. The smallest absolute Gasteiger partial charge is 0.408 e. The minimum absolute atomic E-state index is 0.0583. The first-order chi connectivity index (χ1) is 20.0. The predicted octanol–water partition coefficient (Wildman–Crippen LogP) is 4.70. The van der Waals surface area contributed by atoms with E-state index in [4.69, 9.17) is 12.6 Å². The summed E-state index contributed by atoms with van der Waals surface area (Å²) in [6.07, 6.45) is 2.79. The fourth-order valence-electron chi connectivity index (χ4n) is 4.35. The first-order valence-electron chi connectivity index (χ1n) is 14.1. The monoisotopic (exact) mass is 550 g/mol. The molecule has 0 heterocycles. The number of alkyl carbamates (subject to hydrolysis) is 1. The summed E-state index contributed by atoms with van der Waals surface area (Å²) in [6, 6.07) is 25.0. The Kier molecular flexibility index (Phi) is 13.6. The normalized spacial score (nSPS) is 12.0. The third kappa shape index (κ3) is 11.6. The average Bonchev–Trinajstić information content (AvgIpc) is 3.00. The second-order valence-corrected chi connectivity index (χ2v) is 9.92. The summed E-state index contributed by atoms with van der Waals surface area (Å²) in [4.78, 5) is 39.4. The highest BCUT2D eigenvalue weighted by Crippen LogP contribution is 2.12. The number of Topliss-reactive ketones (excluding diaryl/α,β-unsaturated/α-hetero) is 1. The van der Waals surface area contributed by atoms with E-state index in [1.54, 1.807) is 0 Å². The standard InChI is InChI=1S/C32H38B2N3O4/c1-34-21-25-15-17-27(18-16-25)35-22-30(38)28(14-8-9-19-33)36-31(39)29(20-24-10-4-2-5-11-24)37-32(40)41-23-26-12-6-3-7-13-26/h2-7,10-13,15-18,28-29,35H,8-9,14,19-23H2,1H3,(H,36,39)(H,37,40)/t28-,29-/m0/s1. The van der Waals surface area contributed by atoms with E-state index in [1.165, 1.54) is 5.56 Å². The topological polar surface area (TPSA) is 96.5 Å². The number of hydrogen-bond acceptors (Lipinski definition) is 5. The molecule has 0 saturated heterocycles. The highest BCUT2D eigenvalue weighted by molar-refractivity contribution is 6.32. The van der Waals surface area contributed by atoms with E-state index in [1.807, 2.05) is 91.8 Å². The molecular weight excluding hydrogens is 512 g/mol. The SMILES string of the molecule is [B]CCCC[C@H](NC(=O)[C@H](Cc1ccccc1)NC(=O)OCc1ccccc1)C(=O)CNc1ccc(C[B]C)cc1. The fraction of sp³-hybridized carbons (Fsp3) is 0.344. The van der Waals surface area contributed by atoms with Crippen LogP contribution >= 0.6 is 0 Å². The molecule has 0 aromatic heterocycles. The molecule has 0 aliphatic carbocycles. The molecule has 2 amide bonds. The number of ketones is 1. The molecule has 7 nitrogen and oxygen atoms in total. The van der Waals surface area contributed by atoms with Crippen molar-refractivity contribution < 1.29 is 19.1 Å². The lowest BCUT2D eigenvalue weighted by Gasteiger charge is -2.23. The zero-order valence-electron chi connectivity index (χ0n) is 23.7. The fourth-order valence-corrected chi connectivity index (χ4v) is 4.35. The van der Waals surface area contributed by atoms with Crippen LogP contribution in [0.1, 0.15) is 36.0 Å². The Morgan fingerprint density at radius 1 is 0.805 bits per heavy atom. The first kappa shape index (κ1) is 31.5. The second-order valence-electron chi connectivity index (χ2n) is 9.92. The van der Waals surface area contributed by atoms with Crippen LogP contribution in [0.25, 0.3) is 0 Å². The van der Waals surface area contributed by atoms with E-state index in [0.29, 0.717) is 19.2 Å². The van der Waals surface area contributed by atoms with E-state index in [0.717, 1.165) is 29.6 Å². The minimum atomic E-state index is -0.929. The number of unbranched alkanes of at least 4 members (excludes halogenated alkanes) is 1. The van der Waals surface area contributed by atoms with Crippen LogP contribution in [0.2, 0.25) is 13.1 Å². The van der Waals surface area contributed by atoms with Crippen LogP contribution in [0.4, 0.5) is 10.5 Å². The lowest BCUT2D eigenvalue weighted by Crippen LogP contribution is -2.53. The molecule has 3 aromatic carbocycles. The molecule has 3 N–H and O–H groups in total. The van der Waals surface area contributed by atoms with Gasteiger partial charge < -0.3 is 20.7 Å². The first-order valence-corrected chi connectivity index (χ1v) is 14.1. The summed E-state index contributed by atoms with van der Waals surface area (Å²) in [7, 11) is 7.76. The van der Waals surface area contributed by atoms with Crippen molar-refractivity contribution in [1.82, 2.24) is 10.6 Å². The average molecular weight is 550 g/mol. The lowest BCUT2D eigenvalue weighted by molar-refractivity contribution is -0.128. The maximum Gasteiger partial charge on any atom is 0.408 e. The van der Waals surface area contributed by atoms with Gasteiger partial charge in [0.1, 0.15) is 19.9 Å². The second kappa shape index (κ2) is 17.6. The molecule has 3 rings (SSSR count). The van der Waals surface area contributed by atoms with E-state index in [9.17, 15) is 14.4 Å². The third-order valence-electron chi connectivity index (χ3n) is 6.62. The van der Waals surface area contributed by atoms with Gasteiger partial charge in [0.05, 0.1) is 20.4 Å². The predicted molar refractivity (Wildman–Crippen MR) is 165 cm³/mol. The number of ether oxygens (including phenoxy) is 1. The number of anilines is 1. The van der Waals surface area contributed by atoms with Crippen LogP contribution in [0.5, 0.6) is 0 Å². The molecule has 0 fully saturated rings. The molecule has 0 aliphatic heterocycles. The molecule has 0 spiro atoms. The Morgan fingerprint density at radius 2 is 1.46 bits per heavy atom. The molecule has 3 aromatic rings. The summed E-state index contributed by atoms with van der Waals surface area (Å²) in [5.74, 6) is -0.594. The van der Waals surface area contributed by atoms with E-state index in [-0.39, 0.29) is 25.4 Å². The van der Waals surface area contributed by atoms with Gasteiger partial charge in [-0.3, -0.25) is 9.59 Å². The van der Waals surface area contributed by atoms with E-state index >= 15 is 0 Å². The zero-order valence-corrected chi connectivity index (χ0v) is 23.7. The van der Waals surface area contributed by atoms with Gasteiger partial charge in [0.15, 0.2) is 5.78 Å². The number of rotatable bonds is 17. The quantitative estimate of drug-likeness (QED) is 0.167. The Bertz CT molecular complexity index is 1210. The number of carbonyl (C=O) groups is 3. The summed E-state index contributed by atoms with van der Waals surface area (Å²) in [5.41, 5.74) is 3.72. The van der Waals surface area contributed by atoms with Gasteiger partial charge in [0.25, 0.3) is 0 Å². The lowest BCUT2D eigenvalue weighted by atomic mass is 9.75. The Balaban J connectivity index is 1.66. The maximum absolute atomic E-state index is 13.5. The van der Waals surface area contributed by atoms with Gasteiger partial charge in [0, 0.05) is 12.1 Å². The highest BCUT2D eigenvalue weighted by Gasteiger charge is 2.27. The highest BCUT2D eigenvalue weighted by atomic mass is 16.5.